The van der Waals surface area contributed by atoms with E-state index in [2.05, 4.69) is 41.3 Å². The molecule has 0 amide bonds. The zero-order valence-corrected chi connectivity index (χ0v) is 16.7. The van der Waals surface area contributed by atoms with E-state index in [4.69, 9.17) is 0 Å². The molecule has 0 aromatic rings. The first-order valence-corrected chi connectivity index (χ1v) is 8.32. The number of guanidine groups is 1. The van der Waals surface area contributed by atoms with Gasteiger partial charge in [0.15, 0.2) is 5.96 Å². The fourth-order valence-electron chi connectivity index (χ4n) is 3.11. The van der Waals surface area contributed by atoms with Gasteiger partial charge in [0.05, 0.1) is 0 Å². The second-order valence-electron chi connectivity index (χ2n) is 6.34. The highest BCUT2D eigenvalue weighted by Crippen LogP contribution is 2.20. The van der Waals surface area contributed by atoms with Gasteiger partial charge in [-0.25, -0.2) is 0 Å². The Morgan fingerprint density at radius 3 is 2.29 bits per heavy atom. The SMILES string of the molecule is CCCNC(=NC)NCCCCN1CC(C)CC(C)C1.I. The Morgan fingerprint density at radius 1 is 1.10 bits per heavy atom. The van der Waals surface area contributed by atoms with E-state index in [-0.39, 0.29) is 24.0 Å². The van der Waals surface area contributed by atoms with Gasteiger partial charge in [-0.15, -0.1) is 24.0 Å². The highest BCUT2D eigenvalue weighted by molar-refractivity contribution is 14.0. The summed E-state index contributed by atoms with van der Waals surface area (Å²) >= 11 is 0. The number of hydrogen-bond acceptors (Lipinski definition) is 2. The largest absolute Gasteiger partial charge is 0.356 e. The monoisotopic (exact) mass is 410 g/mol. The van der Waals surface area contributed by atoms with Gasteiger partial charge in [-0.1, -0.05) is 20.8 Å². The minimum Gasteiger partial charge on any atom is -0.356 e. The summed E-state index contributed by atoms with van der Waals surface area (Å²) in [5.41, 5.74) is 0. The molecule has 1 aliphatic rings. The lowest BCUT2D eigenvalue weighted by Gasteiger charge is -2.34. The summed E-state index contributed by atoms with van der Waals surface area (Å²) in [6.07, 6.45) is 5.02. The van der Waals surface area contributed by atoms with Gasteiger partial charge >= 0.3 is 0 Å². The van der Waals surface area contributed by atoms with Crippen molar-refractivity contribution in [3.05, 3.63) is 0 Å². The molecule has 0 aromatic heterocycles. The average Bonchev–Trinajstić information content (AvgIpc) is 2.40. The number of rotatable bonds is 7. The van der Waals surface area contributed by atoms with Crippen molar-refractivity contribution in [2.75, 3.05) is 39.8 Å². The Balaban J connectivity index is 0.00000400. The van der Waals surface area contributed by atoms with Crippen LogP contribution in [0.25, 0.3) is 0 Å². The smallest absolute Gasteiger partial charge is 0.190 e. The Bertz CT molecular complexity index is 273. The van der Waals surface area contributed by atoms with E-state index >= 15 is 0 Å². The van der Waals surface area contributed by atoms with Crippen molar-refractivity contribution in [1.82, 2.24) is 15.5 Å². The number of nitrogens with zero attached hydrogens (tertiary/aromatic N) is 2. The summed E-state index contributed by atoms with van der Waals surface area (Å²) in [6, 6.07) is 0. The summed E-state index contributed by atoms with van der Waals surface area (Å²) in [7, 11) is 1.83. The molecule has 4 nitrogen and oxygen atoms in total. The summed E-state index contributed by atoms with van der Waals surface area (Å²) in [6.45, 7) is 12.8. The first-order chi connectivity index (χ1) is 9.65. The summed E-state index contributed by atoms with van der Waals surface area (Å²) in [5, 5.41) is 6.68. The van der Waals surface area contributed by atoms with Crippen LogP contribution in [0.3, 0.4) is 0 Å². The van der Waals surface area contributed by atoms with Crippen LogP contribution in [0, 0.1) is 11.8 Å². The van der Waals surface area contributed by atoms with Gasteiger partial charge in [-0.2, -0.15) is 0 Å². The van der Waals surface area contributed by atoms with Crippen LogP contribution in [0.2, 0.25) is 0 Å². The predicted octanol–water partition coefficient (Wildman–Crippen LogP) is 2.94. The number of aliphatic imine (C=N–C) groups is 1. The quantitative estimate of drug-likeness (QED) is 0.294. The summed E-state index contributed by atoms with van der Waals surface area (Å²) in [4.78, 5) is 6.86. The number of likely N-dealkylation sites (tertiary alicyclic amines) is 1. The molecule has 21 heavy (non-hydrogen) atoms. The lowest BCUT2D eigenvalue weighted by molar-refractivity contribution is 0.139. The normalized spacial score (nSPS) is 23.5. The molecule has 1 aliphatic heterocycles. The van der Waals surface area contributed by atoms with Gasteiger partial charge in [0.25, 0.3) is 0 Å². The molecule has 2 N–H and O–H groups in total. The standard InChI is InChI=1S/C16H34N4.HI/c1-5-8-18-16(17-4)19-9-6-7-10-20-12-14(2)11-15(3)13-20;/h14-15H,5-13H2,1-4H3,(H2,17,18,19);1H. The zero-order chi connectivity index (χ0) is 14.8. The minimum atomic E-state index is 0. The molecule has 126 valence electrons. The molecule has 2 atom stereocenters. The second-order valence-corrected chi connectivity index (χ2v) is 6.34. The van der Waals surface area contributed by atoms with Crippen molar-refractivity contribution in [2.24, 2.45) is 16.8 Å². The Hall–Kier alpha value is -0.0400. The van der Waals surface area contributed by atoms with Gasteiger partial charge in [0, 0.05) is 33.2 Å². The van der Waals surface area contributed by atoms with Gasteiger partial charge in [0.2, 0.25) is 0 Å². The maximum Gasteiger partial charge on any atom is 0.190 e. The zero-order valence-electron chi connectivity index (χ0n) is 14.3. The van der Waals surface area contributed by atoms with Gasteiger partial charge in [-0.3, -0.25) is 4.99 Å². The highest BCUT2D eigenvalue weighted by atomic mass is 127. The Morgan fingerprint density at radius 2 is 1.71 bits per heavy atom. The number of halogens is 1. The van der Waals surface area contributed by atoms with Crippen LogP contribution in [0.1, 0.15) is 46.5 Å². The molecule has 0 aliphatic carbocycles. The maximum absolute atomic E-state index is 4.22. The Kier molecular flexibility index (Phi) is 12.5. The number of unbranched alkanes of at least 4 members (excludes halogenated alkanes) is 1. The molecule has 0 spiro atoms. The molecule has 1 heterocycles. The first kappa shape index (κ1) is 21.0. The minimum absolute atomic E-state index is 0. The first-order valence-electron chi connectivity index (χ1n) is 8.32. The molecule has 1 rings (SSSR count). The molecule has 0 bridgehead atoms. The number of hydrogen-bond donors (Lipinski definition) is 2. The van der Waals surface area contributed by atoms with Crippen LogP contribution in [0.15, 0.2) is 4.99 Å². The van der Waals surface area contributed by atoms with Gasteiger partial charge in [0.1, 0.15) is 0 Å². The fraction of sp³-hybridized carbons (Fsp3) is 0.938. The van der Waals surface area contributed by atoms with Crippen LogP contribution in [0.4, 0.5) is 0 Å². The predicted molar refractivity (Wildman–Crippen MR) is 104 cm³/mol. The molecule has 5 heteroatoms. The van der Waals surface area contributed by atoms with Crippen molar-refractivity contribution >= 4 is 29.9 Å². The third-order valence-electron chi connectivity index (χ3n) is 3.90. The van der Waals surface area contributed by atoms with E-state index in [0.717, 1.165) is 37.3 Å². The molecule has 0 radical (unpaired) electrons. The lowest BCUT2D eigenvalue weighted by Crippen LogP contribution is -2.40. The fourth-order valence-corrected chi connectivity index (χ4v) is 3.11. The van der Waals surface area contributed by atoms with E-state index in [0.29, 0.717) is 0 Å². The van der Waals surface area contributed by atoms with Crippen molar-refractivity contribution in [3.63, 3.8) is 0 Å². The molecule has 1 fully saturated rings. The number of nitrogens with one attached hydrogen (secondary N) is 2. The van der Waals surface area contributed by atoms with E-state index in [9.17, 15) is 0 Å². The highest BCUT2D eigenvalue weighted by Gasteiger charge is 2.20. The summed E-state index contributed by atoms with van der Waals surface area (Å²) < 4.78 is 0. The topological polar surface area (TPSA) is 39.7 Å². The van der Waals surface area contributed by atoms with E-state index < -0.39 is 0 Å². The van der Waals surface area contributed by atoms with Crippen molar-refractivity contribution < 1.29 is 0 Å². The molecule has 1 saturated heterocycles. The number of piperidine rings is 1. The molecule has 0 saturated carbocycles. The molecular formula is C16H35IN4. The van der Waals surface area contributed by atoms with Crippen LogP contribution in [-0.2, 0) is 0 Å². The Labute approximate surface area is 148 Å². The summed E-state index contributed by atoms with van der Waals surface area (Å²) in [5.74, 6) is 2.68. The van der Waals surface area contributed by atoms with Gasteiger partial charge in [-0.05, 0) is 44.1 Å². The molecule has 0 aromatic carbocycles. The van der Waals surface area contributed by atoms with Gasteiger partial charge < -0.3 is 15.5 Å². The van der Waals surface area contributed by atoms with Crippen LogP contribution >= 0.6 is 24.0 Å². The molecule has 2 unspecified atom stereocenters. The third kappa shape index (κ3) is 9.55. The van der Waals surface area contributed by atoms with Crippen molar-refractivity contribution in [2.45, 2.75) is 46.5 Å². The lowest BCUT2D eigenvalue weighted by atomic mass is 9.92. The van der Waals surface area contributed by atoms with Crippen LogP contribution < -0.4 is 10.6 Å². The van der Waals surface area contributed by atoms with E-state index in [1.807, 2.05) is 7.05 Å². The average molecular weight is 410 g/mol. The maximum atomic E-state index is 4.22. The van der Waals surface area contributed by atoms with Crippen molar-refractivity contribution in [3.8, 4) is 0 Å². The van der Waals surface area contributed by atoms with Crippen LogP contribution in [-0.4, -0.2) is 50.6 Å². The van der Waals surface area contributed by atoms with E-state index in [1.165, 1.54) is 38.9 Å². The third-order valence-corrected chi connectivity index (χ3v) is 3.90. The molecular weight excluding hydrogens is 375 g/mol. The van der Waals surface area contributed by atoms with Crippen LogP contribution in [0.5, 0.6) is 0 Å². The van der Waals surface area contributed by atoms with Crippen molar-refractivity contribution in [1.29, 1.82) is 0 Å². The van der Waals surface area contributed by atoms with E-state index in [1.54, 1.807) is 0 Å². The second kappa shape index (κ2) is 12.5.